The minimum absolute atomic E-state index is 0.0101. The lowest BCUT2D eigenvalue weighted by molar-refractivity contribution is -0.121. The summed E-state index contributed by atoms with van der Waals surface area (Å²) in [5.74, 6) is -1.08. The topological polar surface area (TPSA) is 75.3 Å². The Labute approximate surface area is 189 Å². The highest BCUT2D eigenvalue weighted by Gasteiger charge is 2.37. The van der Waals surface area contributed by atoms with Gasteiger partial charge in [-0.1, -0.05) is 45.0 Å². The molecule has 0 saturated heterocycles. The van der Waals surface area contributed by atoms with Crippen LogP contribution >= 0.6 is 0 Å². The van der Waals surface area contributed by atoms with Gasteiger partial charge in [0.1, 0.15) is 17.4 Å². The van der Waals surface area contributed by atoms with Gasteiger partial charge in [-0.3, -0.25) is 4.79 Å². The van der Waals surface area contributed by atoms with Crippen molar-refractivity contribution in [1.82, 2.24) is 5.32 Å². The summed E-state index contributed by atoms with van der Waals surface area (Å²) in [4.78, 5) is 12.0. The summed E-state index contributed by atoms with van der Waals surface area (Å²) >= 11 is 0. The van der Waals surface area contributed by atoms with Crippen molar-refractivity contribution in [2.45, 2.75) is 76.0 Å². The smallest absolute Gasteiger partial charge is 0.133 e. The van der Waals surface area contributed by atoms with Gasteiger partial charge in [0.2, 0.25) is 0 Å². The van der Waals surface area contributed by atoms with Crippen LogP contribution in [0.15, 0.2) is 42.5 Å². The average Bonchev–Trinajstić information content (AvgIpc) is 2.72. The maximum absolute atomic E-state index is 13.5. The van der Waals surface area contributed by atoms with E-state index in [9.17, 15) is 18.7 Å². The molecule has 4 N–H and O–H groups in total. The molecule has 2 aromatic rings. The lowest BCUT2D eigenvalue weighted by atomic mass is 9.74. The minimum atomic E-state index is -0.915. The van der Waals surface area contributed by atoms with Crippen molar-refractivity contribution in [1.29, 1.82) is 0 Å². The third-order valence-electron chi connectivity index (χ3n) is 6.48. The minimum Gasteiger partial charge on any atom is -0.390 e. The predicted molar refractivity (Wildman–Crippen MR) is 122 cm³/mol. The molecule has 6 heteroatoms. The number of Topliss-reactive ketones (excluding diaryl/α,β-unsaturated/α-hetero) is 1. The highest BCUT2D eigenvalue weighted by atomic mass is 19.1. The van der Waals surface area contributed by atoms with Crippen molar-refractivity contribution >= 4 is 5.78 Å². The molecule has 0 unspecified atom stereocenters. The van der Waals surface area contributed by atoms with Gasteiger partial charge >= 0.3 is 0 Å². The van der Waals surface area contributed by atoms with Crippen LogP contribution in [0.5, 0.6) is 0 Å². The van der Waals surface area contributed by atoms with Crippen LogP contribution in [0.2, 0.25) is 0 Å². The Morgan fingerprint density at radius 2 is 1.72 bits per heavy atom. The summed E-state index contributed by atoms with van der Waals surface area (Å²) in [7, 11) is 0. The molecule has 174 valence electrons. The first kappa shape index (κ1) is 24.5. The Balaban J connectivity index is 1.75. The fraction of sp³-hybridized carbons (Fsp3) is 0.500. The molecule has 0 aliphatic heterocycles. The first-order chi connectivity index (χ1) is 15.0. The van der Waals surface area contributed by atoms with Gasteiger partial charge in [0.05, 0.1) is 6.10 Å². The van der Waals surface area contributed by atoms with E-state index in [2.05, 4.69) is 44.3 Å². The first-order valence-electron chi connectivity index (χ1n) is 11.2. The summed E-state index contributed by atoms with van der Waals surface area (Å²) in [6, 6.07) is 11.0. The molecule has 3 rings (SSSR count). The van der Waals surface area contributed by atoms with Gasteiger partial charge in [-0.15, -0.1) is 0 Å². The van der Waals surface area contributed by atoms with Crippen molar-refractivity contribution in [2.24, 2.45) is 5.73 Å². The molecule has 1 aliphatic carbocycles. The number of ketones is 1. The number of nitrogens with two attached hydrogens (primary N) is 1. The molecule has 0 spiro atoms. The number of carbonyl (C=O) groups is 1. The maximum atomic E-state index is 13.5. The Kier molecular flexibility index (Phi) is 7.48. The molecule has 2 aromatic carbocycles. The lowest BCUT2D eigenvalue weighted by Gasteiger charge is -2.40. The van der Waals surface area contributed by atoms with Crippen molar-refractivity contribution in [3.63, 3.8) is 0 Å². The average molecular weight is 445 g/mol. The normalized spacial score (nSPS) is 18.4. The van der Waals surface area contributed by atoms with Crippen molar-refractivity contribution < 1.29 is 18.7 Å². The van der Waals surface area contributed by atoms with Crippen LogP contribution in [0.3, 0.4) is 0 Å². The van der Waals surface area contributed by atoms with Crippen molar-refractivity contribution in [3.8, 4) is 0 Å². The standard InChI is InChI=1S/C26H34F2N2O2/c1-25(2,3)18-5-4-6-19(14-18)26(9-7-22(31)8-10-26)30-16-24(32)23(29)13-17-11-20(27)15-21(28)12-17/h4-6,11-12,14-15,23-24,30,32H,7-10,13,16,29H2,1-3H3/t23-,24+/m0/s1. The van der Waals surface area contributed by atoms with Crippen LogP contribution in [0.1, 0.15) is 63.1 Å². The van der Waals surface area contributed by atoms with Gasteiger partial charge in [0.15, 0.2) is 0 Å². The van der Waals surface area contributed by atoms with Crippen LogP contribution in [0.4, 0.5) is 8.78 Å². The second kappa shape index (κ2) is 9.77. The van der Waals surface area contributed by atoms with Crippen LogP contribution in [-0.2, 0) is 22.2 Å². The van der Waals surface area contributed by atoms with Gasteiger partial charge in [0, 0.05) is 37.0 Å². The third kappa shape index (κ3) is 6.00. The summed E-state index contributed by atoms with van der Waals surface area (Å²) in [6.07, 6.45) is 1.51. The predicted octanol–water partition coefficient (Wildman–Crippen LogP) is 4.12. The van der Waals surface area contributed by atoms with Gasteiger partial charge in [0.25, 0.3) is 0 Å². The quantitative estimate of drug-likeness (QED) is 0.601. The maximum Gasteiger partial charge on any atom is 0.133 e. The van der Waals surface area contributed by atoms with E-state index in [1.165, 1.54) is 17.7 Å². The Morgan fingerprint density at radius 1 is 1.09 bits per heavy atom. The van der Waals surface area contributed by atoms with Crippen LogP contribution in [0, 0.1) is 11.6 Å². The number of aliphatic hydroxyl groups is 1. The van der Waals surface area contributed by atoms with E-state index in [1.807, 2.05) is 6.07 Å². The zero-order valence-corrected chi connectivity index (χ0v) is 19.1. The van der Waals surface area contributed by atoms with E-state index in [0.29, 0.717) is 31.2 Å². The Hall–Kier alpha value is -2.15. The molecule has 0 amide bonds. The van der Waals surface area contributed by atoms with E-state index in [1.54, 1.807) is 0 Å². The van der Waals surface area contributed by atoms with E-state index < -0.39 is 29.3 Å². The summed E-state index contributed by atoms with van der Waals surface area (Å²) in [5, 5.41) is 14.2. The number of nitrogens with one attached hydrogen (secondary N) is 1. The molecule has 0 radical (unpaired) electrons. The molecule has 4 nitrogen and oxygen atoms in total. The van der Waals surface area contributed by atoms with Gasteiger partial charge in [-0.2, -0.15) is 0 Å². The number of carbonyl (C=O) groups excluding carboxylic acids is 1. The molecule has 0 aromatic heterocycles. The van der Waals surface area contributed by atoms with Crippen LogP contribution < -0.4 is 11.1 Å². The molecule has 32 heavy (non-hydrogen) atoms. The Morgan fingerprint density at radius 3 is 2.31 bits per heavy atom. The number of benzene rings is 2. The second-order valence-corrected chi connectivity index (χ2v) is 10.0. The summed E-state index contributed by atoms with van der Waals surface area (Å²) in [5.41, 5.74) is 8.44. The molecule has 1 saturated carbocycles. The van der Waals surface area contributed by atoms with Crippen LogP contribution in [0.25, 0.3) is 0 Å². The highest BCUT2D eigenvalue weighted by molar-refractivity contribution is 5.79. The first-order valence-corrected chi connectivity index (χ1v) is 11.2. The lowest BCUT2D eigenvalue weighted by Crippen LogP contribution is -2.51. The fourth-order valence-corrected chi connectivity index (χ4v) is 4.39. The van der Waals surface area contributed by atoms with E-state index in [0.717, 1.165) is 11.6 Å². The number of halogens is 2. The monoisotopic (exact) mass is 444 g/mol. The number of rotatable bonds is 7. The molecule has 0 bridgehead atoms. The van der Waals surface area contributed by atoms with Crippen LogP contribution in [-0.4, -0.2) is 29.6 Å². The fourth-order valence-electron chi connectivity index (χ4n) is 4.39. The van der Waals surface area contributed by atoms with Crippen molar-refractivity contribution in [3.05, 3.63) is 70.8 Å². The molecule has 1 fully saturated rings. The molecule has 2 atom stereocenters. The second-order valence-electron chi connectivity index (χ2n) is 10.0. The molecule has 1 aliphatic rings. The largest absolute Gasteiger partial charge is 0.390 e. The zero-order valence-electron chi connectivity index (χ0n) is 19.1. The van der Waals surface area contributed by atoms with Crippen molar-refractivity contribution in [2.75, 3.05) is 6.54 Å². The zero-order chi connectivity index (χ0) is 23.5. The Bertz CT molecular complexity index is 925. The van der Waals surface area contributed by atoms with E-state index >= 15 is 0 Å². The molecular weight excluding hydrogens is 410 g/mol. The van der Waals surface area contributed by atoms with Gasteiger partial charge in [-0.05, 0) is 53.5 Å². The molecular formula is C26H34F2N2O2. The number of hydrogen-bond acceptors (Lipinski definition) is 4. The highest BCUT2D eigenvalue weighted by Crippen LogP contribution is 2.37. The van der Waals surface area contributed by atoms with Gasteiger partial charge < -0.3 is 16.2 Å². The number of aliphatic hydroxyl groups excluding tert-OH is 1. The third-order valence-corrected chi connectivity index (χ3v) is 6.48. The summed E-state index contributed by atoms with van der Waals surface area (Å²) in [6.45, 7) is 6.70. The number of hydrogen-bond donors (Lipinski definition) is 3. The van der Waals surface area contributed by atoms with E-state index in [-0.39, 0.29) is 24.2 Å². The SMILES string of the molecule is CC(C)(C)c1cccc(C2(NC[C@@H](O)[C@@H](N)Cc3cc(F)cc(F)c3)CCC(=O)CC2)c1. The van der Waals surface area contributed by atoms with E-state index in [4.69, 9.17) is 5.73 Å². The summed E-state index contributed by atoms with van der Waals surface area (Å²) < 4.78 is 26.9. The van der Waals surface area contributed by atoms with Gasteiger partial charge in [-0.25, -0.2) is 8.78 Å². The molecule has 0 heterocycles.